The van der Waals surface area contributed by atoms with Gasteiger partial charge in [0.2, 0.25) is 11.7 Å². The molecule has 5 nitrogen and oxygen atoms in total. The average molecular weight is 263 g/mol. The van der Waals surface area contributed by atoms with Gasteiger partial charge in [0.1, 0.15) is 5.69 Å². The van der Waals surface area contributed by atoms with Crippen LogP contribution in [-0.4, -0.2) is 21.2 Å². The van der Waals surface area contributed by atoms with Crippen molar-refractivity contribution < 1.29 is 4.52 Å². The fourth-order valence-corrected chi connectivity index (χ4v) is 2.15. The maximum Gasteiger partial charge on any atom is 0.234 e. The molecular formula is C12H11ClN4O. The van der Waals surface area contributed by atoms with Crippen molar-refractivity contribution in [1.82, 2.24) is 15.1 Å². The molecule has 2 heterocycles. The van der Waals surface area contributed by atoms with Gasteiger partial charge in [-0.2, -0.15) is 4.98 Å². The van der Waals surface area contributed by atoms with Crippen molar-refractivity contribution in [2.45, 2.75) is 18.4 Å². The maximum atomic E-state index is 6.03. The minimum atomic E-state index is 0.0591. The average Bonchev–Trinajstić information content (AvgIpc) is 2.98. The van der Waals surface area contributed by atoms with E-state index < -0.39 is 0 Å². The quantitative estimate of drug-likeness (QED) is 0.839. The molecule has 0 bridgehead atoms. The van der Waals surface area contributed by atoms with Gasteiger partial charge in [0, 0.05) is 12.2 Å². The predicted octanol–water partition coefficient (Wildman–Crippen LogP) is 2.16. The molecule has 0 saturated heterocycles. The Labute approximate surface area is 109 Å². The second kappa shape index (κ2) is 4.51. The number of rotatable bonds is 2. The van der Waals surface area contributed by atoms with Gasteiger partial charge in [-0.3, -0.25) is 4.98 Å². The first-order valence-corrected chi connectivity index (χ1v) is 6.00. The summed E-state index contributed by atoms with van der Waals surface area (Å²) in [7, 11) is 0. The lowest BCUT2D eigenvalue weighted by molar-refractivity contribution is 0.364. The lowest BCUT2D eigenvalue weighted by atomic mass is 10.1. The molecule has 2 aromatic rings. The highest BCUT2D eigenvalue weighted by molar-refractivity contribution is 6.32. The molecule has 0 fully saturated rings. The molecule has 1 aliphatic rings. The van der Waals surface area contributed by atoms with Crippen LogP contribution in [0.15, 0.2) is 35.0 Å². The summed E-state index contributed by atoms with van der Waals surface area (Å²) in [6, 6.07) is 3.56. The lowest BCUT2D eigenvalue weighted by Gasteiger charge is -2.02. The third-order valence-electron chi connectivity index (χ3n) is 2.85. The fourth-order valence-electron chi connectivity index (χ4n) is 1.94. The van der Waals surface area contributed by atoms with Crippen LogP contribution in [0.5, 0.6) is 0 Å². The molecule has 2 unspecified atom stereocenters. The summed E-state index contributed by atoms with van der Waals surface area (Å²) in [5.74, 6) is 1.05. The minimum Gasteiger partial charge on any atom is -0.338 e. The Morgan fingerprint density at radius 3 is 3.00 bits per heavy atom. The minimum absolute atomic E-state index is 0.0591. The van der Waals surface area contributed by atoms with Crippen LogP contribution in [0.4, 0.5) is 0 Å². The molecule has 2 atom stereocenters. The van der Waals surface area contributed by atoms with E-state index in [1.165, 1.54) is 0 Å². The zero-order valence-corrected chi connectivity index (χ0v) is 10.2. The molecule has 0 aliphatic heterocycles. The summed E-state index contributed by atoms with van der Waals surface area (Å²) in [5.41, 5.74) is 6.32. The van der Waals surface area contributed by atoms with E-state index in [1.54, 1.807) is 18.3 Å². The molecule has 0 aromatic carbocycles. The standard InChI is InChI=1S/C12H11ClN4O/c13-9-2-1-5-15-10(9)11-16-12(18-17-11)7-3-4-8(14)6-7/h1-5,7-8H,6,14H2. The molecule has 0 saturated carbocycles. The Morgan fingerprint density at radius 1 is 1.39 bits per heavy atom. The topological polar surface area (TPSA) is 77.8 Å². The Hall–Kier alpha value is -1.72. The summed E-state index contributed by atoms with van der Waals surface area (Å²) < 4.78 is 5.24. The van der Waals surface area contributed by atoms with E-state index in [-0.39, 0.29) is 12.0 Å². The van der Waals surface area contributed by atoms with Gasteiger partial charge in [-0.1, -0.05) is 28.9 Å². The molecule has 18 heavy (non-hydrogen) atoms. The third-order valence-corrected chi connectivity index (χ3v) is 3.15. The van der Waals surface area contributed by atoms with Gasteiger partial charge in [0.15, 0.2) is 0 Å². The zero-order chi connectivity index (χ0) is 12.5. The Kier molecular flexibility index (Phi) is 2.85. The van der Waals surface area contributed by atoms with E-state index in [4.69, 9.17) is 21.9 Å². The second-order valence-corrected chi connectivity index (χ2v) is 4.59. The Morgan fingerprint density at radius 2 is 2.28 bits per heavy atom. The smallest absolute Gasteiger partial charge is 0.234 e. The second-order valence-electron chi connectivity index (χ2n) is 4.18. The van der Waals surface area contributed by atoms with Crippen LogP contribution in [0.3, 0.4) is 0 Å². The monoisotopic (exact) mass is 262 g/mol. The van der Waals surface area contributed by atoms with Crippen molar-refractivity contribution in [3.63, 3.8) is 0 Å². The van der Waals surface area contributed by atoms with E-state index in [0.717, 1.165) is 6.42 Å². The van der Waals surface area contributed by atoms with Crippen LogP contribution >= 0.6 is 11.6 Å². The third kappa shape index (κ3) is 2.02. The SMILES string of the molecule is NC1C=CC(c2nc(-c3ncccc3Cl)no2)C1. The number of hydrogen-bond acceptors (Lipinski definition) is 5. The highest BCUT2D eigenvalue weighted by Gasteiger charge is 2.24. The van der Waals surface area contributed by atoms with Crippen molar-refractivity contribution in [3.05, 3.63) is 41.4 Å². The largest absolute Gasteiger partial charge is 0.338 e. The first-order chi connectivity index (χ1) is 8.74. The van der Waals surface area contributed by atoms with Crippen LogP contribution in [0.2, 0.25) is 5.02 Å². The highest BCUT2D eigenvalue weighted by atomic mass is 35.5. The van der Waals surface area contributed by atoms with E-state index in [1.807, 2.05) is 12.2 Å². The van der Waals surface area contributed by atoms with Gasteiger partial charge in [-0.25, -0.2) is 0 Å². The molecule has 3 rings (SSSR count). The molecular weight excluding hydrogens is 252 g/mol. The van der Waals surface area contributed by atoms with Crippen LogP contribution in [0.1, 0.15) is 18.2 Å². The van der Waals surface area contributed by atoms with E-state index in [2.05, 4.69) is 15.1 Å². The van der Waals surface area contributed by atoms with E-state index in [0.29, 0.717) is 22.4 Å². The van der Waals surface area contributed by atoms with Crippen molar-refractivity contribution >= 4 is 11.6 Å². The first kappa shape index (κ1) is 11.4. The summed E-state index contributed by atoms with van der Waals surface area (Å²) >= 11 is 6.03. The molecule has 2 aromatic heterocycles. The summed E-state index contributed by atoms with van der Waals surface area (Å²) in [6.07, 6.45) is 6.37. The number of halogens is 1. The van der Waals surface area contributed by atoms with Crippen molar-refractivity contribution in [3.8, 4) is 11.5 Å². The van der Waals surface area contributed by atoms with Crippen LogP contribution in [0.25, 0.3) is 11.5 Å². The zero-order valence-electron chi connectivity index (χ0n) is 9.45. The Balaban J connectivity index is 1.91. The number of allylic oxidation sites excluding steroid dienone is 1. The fraction of sp³-hybridized carbons (Fsp3) is 0.250. The number of pyridine rings is 1. The molecule has 6 heteroatoms. The highest BCUT2D eigenvalue weighted by Crippen LogP contribution is 2.29. The van der Waals surface area contributed by atoms with E-state index in [9.17, 15) is 0 Å². The van der Waals surface area contributed by atoms with Crippen LogP contribution in [-0.2, 0) is 0 Å². The van der Waals surface area contributed by atoms with Gasteiger partial charge in [0.05, 0.1) is 10.9 Å². The van der Waals surface area contributed by atoms with Gasteiger partial charge in [-0.15, -0.1) is 0 Å². The number of hydrogen-bond donors (Lipinski definition) is 1. The van der Waals surface area contributed by atoms with Gasteiger partial charge < -0.3 is 10.3 Å². The molecule has 92 valence electrons. The van der Waals surface area contributed by atoms with Crippen LogP contribution in [0, 0.1) is 0 Å². The molecule has 1 aliphatic carbocycles. The number of nitrogens with zero attached hydrogens (tertiary/aromatic N) is 3. The maximum absolute atomic E-state index is 6.03. The summed E-state index contributed by atoms with van der Waals surface area (Å²) in [6.45, 7) is 0. The molecule has 0 spiro atoms. The molecule has 0 radical (unpaired) electrons. The lowest BCUT2D eigenvalue weighted by Crippen LogP contribution is -2.14. The van der Waals surface area contributed by atoms with Gasteiger partial charge in [-0.05, 0) is 18.6 Å². The first-order valence-electron chi connectivity index (χ1n) is 5.62. The predicted molar refractivity (Wildman–Crippen MR) is 67.0 cm³/mol. The van der Waals surface area contributed by atoms with Gasteiger partial charge in [0.25, 0.3) is 0 Å². The van der Waals surface area contributed by atoms with Crippen molar-refractivity contribution in [1.29, 1.82) is 0 Å². The number of aromatic nitrogens is 3. The van der Waals surface area contributed by atoms with Gasteiger partial charge >= 0.3 is 0 Å². The summed E-state index contributed by atoms with van der Waals surface area (Å²) in [4.78, 5) is 8.47. The van der Waals surface area contributed by atoms with E-state index >= 15 is 0 Å². The molecule has 2 N–H and O–H groups in total. The Bertz CT molecular complexity index is 595. The van der Waals surface area contributed by atoms with Crippen LogP contribution < -0.4 is 5.73 Å². The normalized spacial score (nSPS) is 22.6. The molecule has 0 amide bonds. The summed E-state index contributed by atoms with van der Waals surface area (Å²) in [5, 5.41) is 4.41. The van der Waals surface area contributed by atoms with Crippen molar-refractivity contribution in [2.75, 3.05) is 0 Å². The number of nitrogens with two attached hydrogens (primary N) is 1. The van der Waals surface area contributed by atoms with Crippen molar-refractivity contribution in [2.24, 2.45) is 5.73 Å².